The fourth-order valence-corrected chi connectivity index (χ4v) is 7.34. The van der Waals surface area contributed by atoms with E-state index in [0.717, 1.165) is 29.7 Å². The minimum Gasteiger partial charge on any atom is -0.390 e. The van der Waals surface area contributed by atoms with Gasteiger partial charge in [-0.1, -0.05) is 71.3 Å². The Labute approximate surface area is 219 Å². The van der Waals surface area contributed by atoms with E-state index in [1.165, 1.54) is 51.9 Å². The van der Waals surface area contributed by atoms with Crippen molar-refractivity contribution in [1.29, 1.82) is 0 Å². The lowest BCUT2D eigenvalue weighted by molar-refractivity contribution is -0.120. The molecule has 0 aliphatic heterocycles. The highest BCUT2D eigenvalue weighted by molar-refractivity contribution is 5.72. The first-order valence-electron chi connectivity index (χ1n) is 14.4. The van der Waals surface area contributed by atoms with Crippen LogP contribution in [0.5, 0.6) is 0 Å². The number of amides is 1. The van der Waals surface area contributed by atoms with E-state index < -0.39 is 18.3 Å². The predicted octanol–water partition coefficient (Wildman–Crippen LogP) is 5.72. The molecule has 0 aromatic carbocycles. The second kappa shape index (κ2) is 12.9. The van der Waals surface area contributed by atoms with E-state index in [0.29, 0.717) is 29.9 Å². The van der Waals surface area contributed by atoms with Crippen molar-refractivity contribution in [2.45, 2.75) is 111 Å². The smallest absolute Gasteiger partial charge is 0.216 e. The van der Waals surface area contributed by atoms with Gasteiger partial charge in [-0.15, -0.1) is 0 Å². The monoisotopic (exact) mass is 501 g/mol. The maximum atomic E-state index is 11.0. The molecule has 0 bridgehead atoms. The zero-order valence-corrected chi connectivity index (χ0v) is 23.4. The van der Waals surface area contributed by atoms with Crippen LogP contribution in [0.3, 0.4) is 0 Å². The molecule has 3 aliphatic rings. The van der Waals surface area contributed by atoms with Gasteiger partial charge in [-0.3, -0.25) is 4.79 Å². The van der Waals surface area contributed by atoms with Gasteiger partial charge in [0.05, 0.1) is 12.7 Å². The van der Waals surface area contributed by atoms with Crippen molar-refractivity contribution in [3.8, 4) is 0 Å². The molecule has 0 saturated heterocycles. The molecule has 1 amide bonds. The van der Waals surface area contributed by atoms with Crippen molar-refractivity contribution in [2.24, 2.45) is 29.1 Å². The van der Waals surface area contributed by atoms with Crippen molar-refractivity contribution < 1.29 is 19.7 Å². The van der Waals surface area contributed by atoms with Crippen LogP contribution in [-0.4, -0.2) is 47.6 Å². The maximum absolute atomic E-state index is 11.0. The van der Waals surface area contributed by atoms with Crippen molar-refractivity contribution in [1.82, 2.24) is 5.32 Å². The average Bonchev–Trinajstić information content (AvgIpc) is 3.17. The molecule has 0 heterocycles. The lowest BCUT2D eigenvalue weighted by atomic mass is 9.60. The highest BCUT2D eigenvalue weighted by Gasteiger charge is 2.50. The Morgan fingerprint density at radius 1 is 1.22 bits per heavy atom. The van der Waals surface area contributed by atoms with Gasteiger partial charge in [0.25, 0.3) is 0 Å². The number of rotatable bonds is 10. The Morgan fingerprint density at radius 3 is 2.67 bits per heavy atom. The molecule has 0 radical (unpaired) electrons. The molecule has 3 N–H and O–H groups in total. The normalized spacial score (nSPS) is 35.9. The number of allylic oxidation sites excluding steroid dienone is 3. The van der Waals surface area contributed by atoms with Gasteiger partial charge in [-0.2, -0.15) is 0 Å². The summed E-state index contributed by atoms with van der Waals surface area (Å²) >= 11 is 0. The topological polar surface area (TPSA) is 78.8 Å². The van der Waals surface area contributed by atoms with E-state index >= 15 is 0 Å². The van der Waals surface area contributed by atoms with Crippen LogP contribution in [0, 0.1) is 29.1 Å². The Bertz CT molecular complexity index is 830. The van der Waals surface area contributed by atoms with Crippen LogP contribution < -0.4 is 5.32 Å². The minimum atomic E-state index is -0.949. The molecule has 3 aliphatic carbocycles. The van der Waals surface area contributed by atoms with Gasteiger partial charge in [0.1, 0.15) is 12.2 Å². The van der Waals surface area contributed by atoms with Crippen LogP contribution in [0.15, 0.2) is 35.5 Å². The fraction of sp³-hybridized carbons (Fsp3) is 0.774. The molecule has 5 nitrogen and oxygen atoms in total. The zero-order chi connectivity index (χ0) is 26.5. The third-order valence-electron chi connectivity index (χ3n) is 9.34. The summed E-state index contributed by atoms with van der Waals surface area (Å²) in [6.45, 7) is 15.9. The van der Waals surface area contributed by atoms with E-state index in [4.69, 9.17) is 4.74 Å². The molecular formula is C31H51NO4. The van der Waals surface area contributed by atoms with Crippen LogP contribution in [0.25, 0.3) is 0 Å². The summed E-state index contributed by atoms with van der Waals surface area (Å²) in [5.41, 5.74) is 3.46. The predicted molar refractivity (Wildman–Crippen MR) is 146 cm³/mol. The van der Waals surface area contributed by atoms with Gasteiger partial charge in [0, 0.05) is 19.9 Å². The lowest BCUT2D eigenvalue weighted by Crippen LogP contribution is -2.46. The number of hydrogen-bond acceptors (Lipinski definition) is 4. The van der Waals surface area contributed by atoms with E-state index in [-0.39, 0.29) is 12.5 Å². The number of nitrogens with one attached hydrogen (secondary N) is 1. The van der Waals surface area contributed by atoms with E-state index in [1.54, 1.807) is 5.57 Å². The van der Waals surface area contributed by atoms with Crippen LogP contribution in [0.2, 0.25) is 0 Å². The highest BCUT2D eigenvalue weighted by Crippen LogP contribution is 2.60. The molecule has 0 aromatic rings. The molecule has 7 atom stereocenters. The van der Waals surface area contributed by atoms with E-state index in [2.05, 4.69) is 51.7 Å². The summed E-state index contributed by atoms with van der Waals surface area (Å²) in [5, 5.41) is 24.1. The van der Waals surface area contributed by atoms with Crippen LogP contribution >= 0.6 is 0 Å². The molecular weight excluding hydrogens is 450 g/mol. The van der Waals surface area contributed by atoms with Crippen molar-refractivity contribution in [3.05, 3.63) is 35.5 Å². The molecule has 0 aromatic heterocycles. The number of fused-ring (bicyclic) bond motifs is 1. The van der Waals surface area contributed by atoms with E-state index in [9.17, 15) is 15.0 Å². The zero-order valence-electron chi connectivity index (χ0n) is 23.4. The largest absolute Gasteiger partial charge is 0.390 e. The summed E-state index contributed by atoms with van der Waals surface area (Å²) in [6, 6.07) is 0. The molecule has 3 rings (SSSR count). The third-order valence-corrected chi connectivity index (χ3v) is 9.34. The second-order valence-corrected chi connectivity index (χ2v) is 12.4. The van der Waals surface area contributed by atoms with Crippen LogP contribution in [0.4, 0.5) is 0 Å². The quantitative estimate of drug-likeness (QED) is 0.335. The molecule has 204 valence electrons. The SMILES string of the molecule is C=C1/C(=C\C=C2CCC[C@@]3(C)C2CC[C@@H]3[C@H](C)CCCC(C)C)C[C@@H](O)[C@H](OCCNC(C)=O)[C@H]1O. The molecule has 36 heavy (non-hydrogen) atoms. The van der Waals surface area contributed by atoms with Gasteiger partial charge in [0.2, 0.25) is 5.91 Å². The third kappa shape index (κ3) is 6.90. The van der Waals surface area contributed by atoms with Gasteiger partial charge < -0.3 is 20.3 Å². The minimum absolute atomic E-state index is 0.126. The van der Waals surface area contributed by atoms with Gasteiger partial charge in [-0.25, -0.2) is 0 Å². The fourth-order valence-electron chi connectivity index (χ4n) is 7.34. The molecule has 0 spiro atoms. The summed E-state index contributed by atoms with van der Waals surface area (Å²) in [6.07, 6.45) is 12.7. The number of ether oxygens (including phenoxy) is 1. The highest BCUT2D eigenvalue weighted by atomic mass is 16.5. The summed E-state index contributed by atoms with van der Waals surface area (Å²) < 4.78 is 5.70. The Kier molecular flexibility index (Phi) is 10.4. The van der Waals surface area contributed by atoms with Crippen LogP contribution in [0.1, 0.15) is 92.4 Å². The number of aliphatic hydroxyl groups is 2. The average molecular weight is 502 g/mol. The summed E-state index contributed by atoms with van der Waals surface area (Å²) in [4.78, 5) is 11.0. The molecule has 3 fully saturated rings. The van der Waals surface area contributed by atoms with Crippen molar-refractivity contribution in [3.63, 3.8) is 0 Å². The summed E-state index contributed by atoms with van der Waals surface area (Å²) in [7, 11) is 0. The van der Waals surface area contributed by atoms with Crippen LogP contribution in [-0.2, 0) is 9.53 Å². The number of hydrogen-bond donors (Lipinski definition) is 3. The number of aliphatic hydroxyl groups excluding tert-OH is 2. The van der Waals surface area contributed by atoms with Gasteiger partial charge in [0.15, 0.2) is 0 Å². The molecule has 1 unspecified atom stereocenters. The van der Waals surface area contributed by atoms with E-state index in [1.807, 2.05) is 0 Å². The van der Waals surface area contributed by atoms with Gasteiger partial charge >= 0.3 is 0 Å². The summed E-state index contributed by atoms with van der Waals surface area (Å²) in [5.74, 6) is 2.88. The maximum Gasteiger partial charge on any atom is 0.216 e. The lowest BCUT2D eigenvalue weighted by Gasteiger charge is -2.44. The molecule has 5 heteroatoms. The standard InChI is InChI=1S/C31H51NO4/c1-20(2)9-7-10-21(3)26-14-15-27-24(11-8-16-31(26,27)6)12-13-25-19-28(34)30(29(35)22(25)4)36-18-17-32-23(5)33/h12-13,20-21,26-30,34-35H,4,7-11,14-19H2,1-3,5-6H3,(H,32,33)/b24-12?,25-13-/t21-,26-,27?,28-,29+,30+,31-/m1/s1. The molecule has 3 saturated carbocycles. The Hall–Kier alpha value is -1.43. The van der Waals surface area contributed by atoms with Gasteiger partial charge in [-0.05, 0) is 72.3 Å². The first kappa shape index (κ1) is 29.1. The Balaban J connectivity index is 1.64. The second-order valence-electron chi connectivity index (χ2n) is 12.4. The number of carbonyl (C=O) groups excluding carboxylic acids is 1. The first-order chi connectivity index (χ1) is 17.0. The Morgan fingerprint density at radius 2 is 1.97 bits per heavy atom. The van der Waals surface area contributed by atoms with Crippen molar-refractivity contribution in [2.75, 3.05) is 13.2 Å². The van der Waals surface area contributed by atoms with Crippen molar-refractivity contribution >= 4 is 5.91 Å². The number of carbonyl (C=O) groups is 1. The first-order valence-corrected chi connectivity index (χ1v) is 14.4.